The largest absolute Gasteiger partial charge is 0.480 e. The number of carbonyl (C=O) groups is 3. The van der Waals surface area contributed by atoms with Crippen molar-refractivity contribution in [2.75, 3.05) is 19.5 Å². The Kier molecular flexibility index (Phi) is 7.11. The second kappa shape index (κ2) is 9.32. The molecule has 148 valence electrons. The molecule has 2 rings (SSSR count). The number of methoxy groups -OCH3 is 2. The summed E-state index contributed by atoms with van der Waals surface area (Å²) in [6.07, 6.45) is -0.954. The predicted molar refractivity (Wildman–Crippen MR) is 102 cm³/mol. The maximum atomic E-state index is 13.2. The van der Waals surface area contributed by atoms with Crippen molar-refractivity contribution in [1.29, 1.82) is 0 Å². The third-order valence-corrected chi connectivity index (χ3v) is 4.23. The number of ether oxygens (including phenoxy) is 3. The number of anilines is 1. The van der Waals surface area contributed by atoms with Gasteiger partial charge in [-0.15, -0.1) is 0 Å². The van der Waals surface area contributed by atoms with E-state index in [1.54, 1.807) is 0 Å². The summed E-state index contributed by atoms with van der Waals surface area (Å²) >= 11 is 3.16. The van der Waals surface area contributed by atoms with Crippen LogP contribution in [0.15, 0.2) is 40.9 Å². The molecule has 0 saturated heterocycles. The smallest absolute Gasteiger partial charge is 0.337 e. The third-order valence-electron chi connectivity index (χ3n) is 3.61. The van der Waals surface area contributed by atoms with Gasteiger partial charge in [0.25, 0.3) is 5.91 Å². The van der Waals surface area contributed by atoms with Gasteiger partial charge in [0.15, 0.2) is 6.10 Å². The van der Waals surface area contributed by atoms with Crippen molar-refractivity contribution < 1.29 is 33.0 Å². The first-order valence-corrected chi connectivity index (χ1v) is 8.78. The van der Waals surface area contributed by atoms with Crippen LogP contribution in [0.1, 0.15) is 27.6 Å². The minimum Gasteiger partial charge on any atom is -0.480 e. The van der Waals surface area contributed by atoms with Crippen LogP contribution in [0.5, 0.6) is 5.75 Å². The summed E-state index contributed by atoms with van der Waals surface area (Å²) in [5, 5.41) is 2.56. The molecule has 1 N–H and O–H groups in total. The number of halogens is 2. The van der Waals surface area contributed by atoms with Gasteiger partial charge in [-0.3, -0.25) is 4.79 Å². The van der Waals surface area contributed by atoms with E-state index in [9.17, 15) is 18.8 Å². The van der Waals surface area contributed by atoms with Crippen molar-refractivity contribution in [3.63, 3.8) is 0 Å². The van der Waals surface area contributed by atoms with Gasteiger partial charge in [0.1, 0.15) is 11.6 Å². The van der Waals surface area contributed by atoms with Crippen LogP contribution in [0.2, 0.25) is 0 Å². The third kappa shape index (κ3) is 5.29. The standard InChI is InChI=1S/C19H17BrFNO6/c1-10(28-16-5-4-13(21)9-15(16)20)17(23)22-14-7-11(18(24)26-2)6-12(8-14)19(25)27-3/h4-10H,1-3H3,(H,22,23). The van der Waals surface area contributed by atoms with Crippen LogP contribution in [0, 0.1) is 5.82 Å². The van der Waals surface area contributed by atoms with Gasteiger partial charge in [0, 0.05) is 5.69 Å². The summed E-state index contributed by atoms with van der Waals surface area (Å²) in [5.41, 5.74) is 0.313. The van der Waals surface area contributed by atoms with Crippen molar-refractivity contribution in [3.05, 3.63) is 57.8 Å². The average Bonchev–Trinajstić information content (AvgIpc) is 2.68. The van der Waals surface area contributed by atoms with Gasteiger partial charge in [0.2, 0.25) is 0 Å². The summed E-state index contributed by atoms with van der Waals surface area (Å²) in [4.78, 5) is 36.1. The quantitative estimate of drug-likeness (QED) is 0.672. The highest BCUT2D eigenvalue weighted by Crippen LogP contribution is 2.26. The molecule has 0 saturated carbocycles. The molecule has 0 radical (unpaired) electrons. The topological polar surface area (TPSA) is 90.9 Å². The number of hydrogen-bond donors (Lipinski definition) is 1. The van der Waals surface area contributed by atoms with Crippen LogP contribution >= 0.6 is 15.9 Å². The van der Waals surface area contributed by atoms with E-state index in [4.69, 9.17) is 4.74 Å². The number of hydrogen-bond acceptors (Lipinski definition) is 6. The fraction of sp³-hybridized carbons (Fsp3) is 0.211. The Labute approximate surface area is 168 Å². The molecule has 0 fully saturated rings. The zero-order valence-electron chi connectivity index (χ0n) is 15.2. The van der Waals surface area contributed by atoms with E-state index in [0.717, 1.165) is 0 Å². The molecular formula is C19H17BrFNO6. The fourth-order valence-corrected chi connectivity index (χ4v) is 2.67. The summed E-state index contributed by atoms with van der Waals surface area (Å²) in [7, 11) is 2.39. The molecular weight excluding hydrogens is 437 g/mol. The van der Waals surface area contributed by atoms with Gasteiger partial charge in [-0.25, -0.2) is 14.0 Å². The molecule has 0 aliphatic carbocycles. The molecule has 28 heavy (non-hydrogen) atoms. The number of benzene rings is 2. The molecule has 0 aliphatic rings. The first kappa shape index (κ1) is 21.4. The van der Waals surface area contributed by atoms with E-state index >= 15 is 0 Å². The van der Waals surface area contributed by atoms with Crippen LogP contribution in [-0.4, -0.2) is 38.2 Å². The van der Waals surface area contributed by atoms with Crippen LogP contribution < -0.4 is 10.1 Å². The summed E-state index contributed by atoms with van der Waals surface area (Å²) < 4.78 is 28.3. The van der Waals surface area contributed by atoms with Crippen molar-refractivity contribution in [1.82, 2.24) is 0 Å². The molecule has 2 aromatic rings. The molecule has 0 spiro atoms. The Morgan fingerprint density at radius 2 is 1.57 bits per heavy atom. The maximum Gasteiger partial charge on any atom is 0.337 e. The van der Waals surface area contributed by atoms with Crippen LogP contribution in [0.4, 0.5) is 10.1 Å². The van der Waals surface area contributed by atoms with Crippen LogP contribution in [0.25, 0.3) is 0 Å². The predicted octanol–water partition coefficient (Wildman–Crippen LogP) is 3.57. The van der Waals surface area contributed by atoms with Gasteiger partial charge in [-0.05, 0) is 59.3 Å². The molecule has 0 heterocycles. The number of rotatable bonds is 6. The molecule has 0 aliphatic heterocycles. The van der Waals surface area contributed by atoms with E-state index in [1.807, 2.05) is 0 Å². The highest BCUT2D eigenvalue weighted by molar-refractivity contribution is 9.10. The number of carbonyl (C=O) groups excluding carboxylic acids is 3. The molecule has 0 bridgehead atoms. The fourth-order valence-electron chi connectivity index (χ4n) is 2.23. The van der Waals surface area contributed by atoms with E-state index in [2.05, 4.69) is 30.7 Å². The van der Waals surface area contributed by atoms with Crippen molar-refractivity contribution in [2.45, 2.75) is 13.0 Å². The zero-order chi connectivity index (χ0) is 20.8. The Morgan fingerprint density at radius 3 is 2.07 bits per heavy atom. The zero-order valence-corrected chi connectivity index (χ0v) is 16.8. The Morgan fingerprint density at radius 1 is 1.00 bits per heavy atom. The minimum atomic E-state index is -0.954. The van der Waals surface area contributed by atoms with Crippen molar-refractivity contribution >= 4 is 39.5 Å². The van der Waals surface area contributed by atoms with Crippen molar-refractivity contribution in [2.24, 2.45) is 0 Å². The molecule has 0 aromatic heterocycles. The summed E-state index contributed by atoms with van der Waals surface area (Å²) in [5.74, 6) is -2.08. The molecule has 2 aromatic carbocycles. The Balaban J connectivity index is 2.21. The SMILES string of the molecule is COC(=O)c1cc(NC(=O)C(C)Oc2ccc(F)cc2Br)cc(C(=O)OC)c1. The van der Waals surface area contributed by atoms with Gasteiger partial charge in [-0.2, -0.15) is 0 Å². The number of amides is 1. The maximum absolute atomic E-state index is 13.2. The second-order valence-electron chi connectivity index (χ2n) is 5.61. The molecule has 1 amide bonds. The number of nitrogens with one attached hydrogen (secondary N) is 1. The van der Waals surface area contributed by atoms with Crippen molar-refractivity contribution in [3.8, 4) is 5.75 Å². The lowest BCUT2D eigenvalue weighted by molar-refractivity contribution is -0.122. The molecule has 1 atom stereocenters. The lowest BCUT2D eigenvalue weighted by Gasteiger charge is -2.16. The van der Waals surface area contributed by atoms with E-state index in [0.29, 0.717) is 4.47 Å². The number of esters is 2. The normalized spacial score (nSPS) is 11.3. The van der Waals surface area contributed by atoms with Crippen LogP contribution in [-0.2, 0) is 14.3 Å². The molecule has 1 unspecified atom stereocenters. The lowest BCUT2D eigenvalue weighted by atomic mass is 10.1. The van der Waals surface area contributed by atoms with Gasteiger partial charge >= 0.3 is 11.9 Å². The van der Waals surface area contributed by atoms with E-state index in [-0.39, 0.29) is 22.6 Å². The Hall–Kier alpha value is -2.94. The first-order chi connectivity index (χ1) is 13.2. The lowest BCUT2D eigenvalue weighted by Crippen LogP contribution is -2.30. The average molecular weight is 454 g/mol. The van der Waals surface area contributed by atoms with E-state index < -0.39 is 29.8 Å². The highest BCUT2D eigenvalue weighted by Gasteiger charge is 2.19. The monoisotopic (exact) mass is 453 g/mol. The summed E-state index contributed by atoms with van der Waals surface area (Å²) in [6, 6.07) is 7.81. The first-order valence-electron chi connectivity index (χ1n) is 7.99. The van der Waals surface area contributed by atoms with Gasteiger partial charge in [-0.1, -0.05) is 0 Å². The highest BCUT2D eigenvalue weighted by atomic mass is 79.9. The Bertz CT molecular complexity index is 883. The van der Waals surface area contributed by atoms with Crippen LogP contribution in [0.3, 0.4) is 0 Å². The van der Waals surface area contributed by atoms with E-state index in [1.165, 1.54) is 57.5 Å². The minimum absolute atomic E-state index is 0.0653. The molecule has 7 nitrogen and oxygen atoms in total. The summed E-state index contributed by atoms with van der Waals surface area (Å²) in [6.45, 7) is 1.50. The van der Waals surface area contributed by atoms with Gasteiger partial charge < -0.3 is 19.5 Å². The second-order valence-corrected chi connectivity index (χ2v) is 6.46. The molecule has 9 heteroatoms. The van der Waals surface area contributed by atoms with Gasteiger partial charge in [0.05, 0.1) is 29.8 Å².